The van der Waals surface area contributed by atoms with Crippen LogP contribution < -0.4 is 10.6 Å². The van der Waals surface area contributed by atoms with Gasteiger partial charge >= 0.3 is 0 Å². The number of anilines is 2. The molecule has 1 atom stereocenters. The van der Waals surface area contributed by atoms with Crippen LogP contribution in [0.2, 0.25) is 5.15 Å². The summed E-state index contributed by atoms with van der Waals surface area (Å²) < 4.78 is 3.83. The largest absolute Gasteiger partial charge is 0.383 e. The molecule has 0 amide bonds. The molecule has 1 saturated heterocycles. The minimum absolute atomic E-state index is 0.0845. The minimum Gasteiger partial charge on any atom is -0.383 e. The molecule has 3 aromatic heterocycles. The van der Waals surface area contributed by atoms with E-state index in [0.29, 0.717) is 22.8 Å². The summed E-state index contributed by atoms with van der Waals surface area (Å²) in [5.74, 6) is 1.55. The highest BCUT2D eigenvalue weighted by Crippen LogP contribution is 2.40. The van der Waals surface area contributed by atoms with Gasteiger partial charge in [-0.05, 0) is 46.5 Å². The van der Waals surface area contributed by atoms with Crippen molar-refractivity contribution >= 4 is 34.4 Å². The second-order valence-corrected chi connectivity index (χ2v) is 9.95. The second kappa shape index (κ2) is 7.41. The lowest BCUT2D eigenvalue weighted by Crippen LogP contribution is -2.27. The maximum atomic E-state index is 6.79. The van der Waals surface area contributed by atoms with E-state index in [9.17, 15) is 0 Å². The zero-order valence-electron chi connectivity index (χ0n) is 18.6. The van der Waals surface area contributed by atoms with E-state index >= 15 is 0 Å². The van der Waals surface area contributed by atoms with Gasteiger partial charge in [0, 0.05) is 18.7 Å². The lowest BCUT2D eigenvalue weighted by Gasteiger charge is -2.26. The van der Waals surface area contributed by atoms with Gasteiger partial charge < -0.3 is 10.6 Å². The van der Waals surface area contributed by atoms with Gasteiger partial charge in [-0.1, -0.05) is 25.4 Å². The number of rotatable bonds is 4. The molecule has 0 aliphatic carbocycles. The third-order valence-corrected chi connectivity index (χ3v) is 5.97. The van der Waals surface area contributed by atoms with Crippen LogP contribution in [-0.2, 0) is 12.1 Å². The fourth-order valence-corrected chi connectivity index (χ4v) is 4.63. The molecular formula is C21H31ClN8. The smallest absolute Gasteiger partial charge is 0.229 e. The maximum absolute atomic E-state index is 6.79. The average molecular weight is 431 g/mol. The van der Waals surface area contributed by atoms with Crippen LogP contribution in [0.15, 0.2) is 6.20 Å². The van der Waals surface area contributed by atoms with Crippen LogP contribution in [0, 0.1) is 12.8 Å². The van der Waals surface area contributed by atoms with Crippen LogP contribution in [0.4, 0.5) is 11.8 Å². The number of aromatic nitrogens is 6. The van der Waals surface area contributed by atoms with E-state index in [1.54, 1.807) is 6.20 Å². The standard InChI is InChI=1S/C21H31ClN8/c1-12(2)11-29-17(22)16(13(3)27-29)15-8-7-9-28(15)20-25-18(23)14-10-24-30(19(14)26-20)21(4,5)6/h10,12,15H,7-9,11H2,1-6H3,(H2,23,25,26). The molecule has 0 radical (unpaired) electrons. The SMILES string of the molecule is Cc1nn(CC(C)C)c(Cl)c1C1CCCN1c1nc(N)c2cnn(C(C)(C)C)c2n1. The van der Waals surface area contributed by atoms with Crippen LogP contribution in [0.25, 0.3) is 11.0 Å². The fourth-order valence-electron chi connectivity index (χ4n) is 4.26. The summed E-state index contributed by atoms with van der Waals surface area (Å²) in [5, 5.41) is 10.7. The quantitative estimate of drug-likeness (QED) is 0.662. The van der Waals surface area contributed by atoms with Gasteiger partial charge in [0.25, 0.3) is 0 Å². The summed E-state index contributed by atoms with van der Waals surface area (Å²) in [6.45, 7) is 14.3. The van der Waals surface area contributed by atoms with E-state index < -0.39 is 0 Å². The first-order chi connectivity index (χ1) is 14.1. The molecule has 0 saturated carbocycles. The molecule has 2 N–H and O–H groups in total. The van der Waals surface area contributed by atoms with Crippen LogP contribution in [0.3, 0.4) is 0 Å². The van der Waals surface area contributed by atoms with Crippen molar-refractivity contribution in [3.8, 4) is 0 Å². The summed E-state index contributed by atoms with van der Waals surface area (Å²) in [7, 11) is 0. The Morgan fingerprint density at radius 3 is 2.67 bits per heavy atom. The van der Waals surface area contributed by atoms with Crippen molar-refractivity contribution in [1.29, 1.82) is 0 Å². The Kier molecular flexibility index (Phi) is 5.16. The zero-order valence-corrected chi connectivity index (χ0v) is 19.4. The first-order valence-electron chi connectivity index (χ1n) is 10.6. The molecule has 30 heavy (non-hydrogen) atoms. The first-order valence-corrected chi connectivity index (χ1v) is 11.0. The van der Waals surface area contributed by atoms with Gasteiger partial charge in [0.1, 0.15) is 11.0 Å². The number of hydrogen-bond acceptors (Lipinski definition) is 6. The Morgan fingerprint density at radius 1 is 1.27 bits per heavy atom. The van der Waals surface area contributed by atoms with E-state index in [2.05, 4.69) is 49.6 Å². The second-order valence-electron chi connectivity index (χ2n) is 9.59. The molecular weight excluding hydrogens is 400 g/mol. The number of nitrogens with two attached hydrogens (primary N) is 1. The lowest BCUT2D eigenvalue weighted by molar-refractivity contribution is 0.366. The Balaban J connectivity index is 1.78. The van der Waals surface area contributed by atoms with E-state index in [1.165, 1.54) is 0 Å². The number of nitrogens with zero attached hydrogens (tertiary/aromatic N) is 7. The van der Waals surface area contributed by atoms with E-state index in [4.69, 9.17) is 27.4 Å². The maximum Gasteiger partial charge on any atom is 0.229 e. The molecule has 1 aliphatic heterocycles. The van der Waals surface area contributed by atoms with E-state index in [0.717, 1.165) is 48.2 Å². The van der Waals surface area contributed by atoms with Crippen LogP contribution in [0.1, 0.15) is 64.8 Å². The predicted molar refractivity (Wildman–Crippen MR) is 121 cm³/mol. The summed E-state index contributed by atoms with van der Waals surface area (Å²) in [5.41, 5.74) is 8.90. The van der Waals surface area contributed by atoms with Crippen molar-refractivity contribution in [3.63, 3.8) is 0 Å². The summed E-state index contributed by atoms with van der Waals surface area (Å²) >= 11 is 6.79. The monoisotopic (exact) mass is 430 g/mol. The highest BCUT2D eigenvalue weighted by molar-refractivity contribution is 6.30. The highest BCUT2D eigenvalue weighted by atomic mass is 35.5. The summed E-state index contributed by atoms with van der Waals surface area (Å²) in [4.78, 5) is 11.8. The Labute approximate surface area is 182 Å². The number of aryl methyl sites for hydroxylation is 1. The molecule has 4 heterocycles. The summed E-state index contributed by atoms with van der Waals surface area (Å²) in [6.07, 6.45) is 3.77. The Bertz CT molecular complexity index is 1080. The van der Waals surface area contributed by atoms with Crippen LogP contribution in [0.5, 0.6) is 0 Å². The lowest BCUT2D eigenvalue weighted by atomic mass is 10.1. The molecule has 162 valence electrons. The van der Waals surface area contributed by atoms with Gasteiger partial charge in [-0.2, -0.15) is 20.2 Å². The highest BCUT2D eigenvalue weighted by Gasteiger charge is 2.34. The molecule has 0 spiro atoms. The van der Waals surface area contributed by atoms with Crippen molar-refractivity contribution in [3.05, 3.63) is 22.6 Å². The van der Waals surface area contributed by atoms with Gasteiger partial charge in [-0.3, -0.25) is 4.68 Å². The molecule has 1 fully saturated rings. The van der Waals surface area contributed by atoms with Crippen LogP contribution >= 0.6 is 11.6 Å². The molecule has 4 rings (SSSR count). The number of nitrogen functional groups attached to an aromatic ring is 1. The molecule has 3 aromatic rings. The van der Waals surface area contributed by atoms with Crippen molar-refractivity contribution in [2.45, 2.75) is 72.5 Å². The number of hydrogen-bond donors (Lipinski definition) is 1. The van der Waals surface area contributed by atoms with E-state index in [-0.39, 0.29) is 11.6 Å². The van der Waals surface area contributed by atoms with Gasteiger partial charge in [0.05, 0.1) is 28.9 Å². The number of halogens is 1. The van der Waals surface area contributed by atoms with Gasteiger partial charge in [-0.15, -0.1) is 0 Å². The molecule has 9 heteroatoms. The van der Waals surface area contributed by atoms with Crippen molar-refractivity contribution in [1.82, 2.24) is 29.5 Å². The van der Waals surface area contributed by atoms with Gasteiger partial charge in [0.2, 0.25) is 5.95 Å². The van der Waals surface area contributed by atoms with E-state index in [1.807, 2.05) is 16.3 Å². The third-order valence-electron chi connectivity index (χ3n) is 5.57. The summed E-state index contributed by atoms with van der Waals surface area (Å²) in [6, 6.07) is 0.0845. The first kappa shape index (κ1) is 20.9. The van der Waals surface area contributed by atoms with Gasteiger partial charge in [0.15, 0.2) is 5.65 Å². The van der Waals surface area contributed by atoms with Crippen molar-refractivity contribution < 1.29 is 0 Å². The normalized spacial score (nSPS) is 17.6. The molecule has 0 aromatic carbocycles. The average Bonchev–Trinajstić information content (AvgIpc) is 3.32. The molecule has 1 aliphatic rings. The van der Waals surface area contributed by atoms with Crippen molar-refractivity contribution in [2.24, 2.45) is 5.92 Å². The van der Waals surface area contributed by atoms with Crippen LogP contribution in [-0.4, -0.2) is 36.1 Å². The molecule has 1 unspecified atom stereocenters. The number of fused-ring (bicyclic) bond motifs is 1. The topological polar surface area (TPSA) is 90.7 Å². The molecule has 0 bridgehead atoms. The predicted octanol–water partition coefficient (Wildman–Crippen LogP) is 4.32. The Morgan fingerprint density at radius 2 is 2.00 bits per heavy atom. The fraction of sp³-hybridized carbons (Fsp3) is 0.619. The third kappa shape index (κ3) is 3.51. The zero-order chi connectivity index (χ0) is 21.8. The minimum atomic E-state index is -0.206. The van der Waals surface area contributed by atoms with Crippen molar-refractivity contribution in [2.75, 3.05) is 17.2 Å². The Hall–Kier alpha value is -2.35. The molecule has 8 nitrogen and oxygen atoms in total. The van der Waals surface area contributed by atoms with Gasteiger partial charge in [-0.25, -0.2) is 4.68 Å².